The third-order valence-corrected chi connectivity index (χ3v) is 3.05. The SMILES string of the molecule is Nc1cc(C(F)(F)F)cc(Nc2cc(Br)c(F)cc2F)n1. The van der Waals surface area contributed by atoms with Crippen LogP contribution in [0.2, 0.25) is 0 Å². The molecule has 112 valence electrons. The Morgan fingerprint density at radius 3 is 2.33 bits per heavy atom. The molecule has 1 heterocycles. The van der Waals surface area contributed by atoms with Crippen molar-refractivity contribution in [2.45, 2.75) is 6.18 Å². The highest BCUT2D eigenvalue weighted by atomic mass is 79.9. The molecule has 9 heteroatoms. The molecule has 0 saturated heterocycles. The topological polar surface area (TPSA) is 50.9 Å². The van der Waals surface area contributed by atoms with Gasteiger partial charge < -0.3 is 11.1 Å². The molecule has 0 aliphatic heterocycles. The lowest BCUT2D eigenvalue weighted by molar-refractivity contribution is -0.137. The van der Waals surface area contributed by atoms with Crippen molar-refractivity contribution >= 4 is 33.3 Å². The summed E-state index contributed by atoms with van der Waals surface area (Å²) in [5, 5.41) is 2.33. The van der Waals surface area contributed by atoms with E-state index in [1.807, 2.05) is 0 Å². The van der Waals surface area contributed by atoms with E-state index in [0.29, 0.717) is 18.2 Å². The Hall–Kier alpha value is -1.90. The predicted molar refractivity (Wildman–Crippen MR) is 71.0 cm³/mol. The van der Waals surface area contributed by atoms with Gasteiger partial charge >= 0.3 is 6.18 Å². The first-order chi connectivity index (χ1) is 9.66. The first kappa shape index (κ1) is 15.5. The van der Waals surface area contributed by atoms with Crippen molar-refractivity contribution in [1.82, 2.24) is 4.98 Å². The second kappa shape index (κ2) is 5.47. The van der Waals surface area contributed by atoms with Crippen LogP contribution in [0.1, 0.15) is 5.56 Å². The Bertz CT molecular complexity index is 687. The molecule has 1 aromatic heterocycles. The number of nitrogens with two attached hydrogens (primary N) is 1. The first-order valence-electron chi connectivity index (χ1n) is 5.43. The van der Waals surface area contributed by atoms with Crippen LogP contribution in [0, 0.1) is 11.6 Å². The fourth-order valence-electron chi connectivity index (χ4n) is 1.54. The molecule has 0 atom stereocenters. The molecule has 0 amide bonds. The van der Waals surface area contributed by atoms with Gasteiger partial charge in [-0.15, -0.1) is 0 Å². The molecule has 3 nitrogen and oxygen atoms in total. The van der Waals surface area contributed by atoms with Crippen molar-refractivity contribution in [3.8, 4) is 0 Å². The van der Waals surface area contributed by atoms with Gasteiger partial charge in [0.1, 0.15) is 23.3 Å². The summed E-state index contributed by atoms with van der Waals surface area (Å²) in [5.74, 6) is -2.50. The number of halogens is 6. The number of hydrogen-bond donors (Lipinski definition) is 2. The molecular formula is C12H7BrF5N3. The summed E-state index contributed by atoms with van der Waals surface area (Å²) in [6.07, 6.45) is -4.62. The highest BCUT2D eigenvalue weighted by molar-refractivity contribution is 9.10. The highest BCUT2D eigenvalue weighted by Crippen LogP contribution is 2.33. The Morgan fingerprint density at radius 1 is 1.05 bits per heavy atom. The van der Waals surface area contributed by atoms with Gasteiger partial charge in [-0.1, -0.05) is 0 Å². The van der Waals surface area contributed by atoms with E-state index in [1.165, 1.54) is 0 Å². The van der Waals surface area contributed by atoms with E-state index in [4.69, 9.17) is 5.73 Å². The average Bonchev–Trinajstić information content (AvgIpc) is 2.34. The molecule has 0 aliphatic carbocycles. The number of anilines is 3. The van der Waals surface area contributed by atoms with Gasteiger partial charge in [0, 0.05) is 6.07 Å². The molecule has 0 saturated carbocycles. The maximum atomic E-state index is 13.5. The molecule has 1 aromatic carbocycles. The lowest BCUT2D eigenvalue weighted by Gasteiger charge is -2.12. The molecule has 21 heavy (non-hydrogen) atoms. The zero-order valence-electron chi connectivity index (χ0n) is 10.1. The van der Waals surface area contributed by atoms with Crippen molar-refractivity contribution < 1.29 is 22.0 Å². The Balaban J connectivity index is 2.40. The number of nitrogen functional groups attached to an aromatic ring is 1. The van der Waals surface area contributed by atoms with Crippen LogP contribution in [-0.2, 0) is 6.18 Å². The van der Waals surface area contributed by atoms with Crippen LogP contribution < -0.4 is 11.1 Å². The summed E-state index contributed by atoms with van der Waals surface area (Å²) in [4.78, 5) is 3.63. The number of nitrogens with zero attached hydrogens (tertiary/aromatic N) is 1. The van der Waals surface area contributed by atoms with E-state index in [-0.39, 0.29) is 21.8 Å². The van der Waals surface area contributed by atoms with E-state index in [0.717, 1.165) is 6.07 Å². The molecule has 2 aromatic rings. The number of aromatic nitrogens is 1. The molecule has 0 unspecified atom stereocenters. The summed E-state index contributed by atoms with van der Waals surface area (Å²) >= 11 is 2.85. The minimum Gasteiger partial charge on any atom is -0.384 e. The lowest BCUT2D eigenvalue weighted by atomic mass is 10.2. The molecule has 0 spiro atoms. The number of pyridine rings is 1. The van der Waals surface area contributed by atoms with Crippen molar-refractivity contribution in [2.75, 3.05) is 11.1 Å². The van der Waals surface area contributed by atoms with E-state index in [1.54, 1.807) is 0 Å². The van der Waals surface area contributed by atoms with Crippen molar-refractivity contribution in [2.24, 2.45) is 0 Å². The highest BCUT2D eigenvalue weighted by Gasteiger charge is 2.31. The maximum Gasteiger partial charge on any atom is 0.416 e. The monoisotopic (exact) mass is 367 g/mol. The average molecular weight is 368 g/mol. The van der Waals surface area contributed by atoms with Gasteiger partial charge in [0.25, 0.3) is 0 Å². The van der Waals surface area contributed by atoms with E-state index < -0.39 is 23.4 Å². The van der Waals surface area contributed by atoms with Crippen LogP contribution in [-0.4, -0.2) is 4.98 Å². The molecule has 2 rings (SSSR count). The summed E-state index contributed by atoms with van der Waals surface area (Å²) in [6, 6.07) is 2.96. The first-order valence-corrected chi connectivity index (χ1v) is 6.22. The van der Waals surface area contributed by atoms with Gasteiger partial charge in [0.2, 0.25) is 0 Å². The molecular weight excluding hydrogens is 361 g/mol. The summed E-state index contributed by atoms with van der Waals surface area (Å²) in [6.45, 7) is 0. The summed E-state index contributed by atoms with van der Waals surface area (Å²) in [5.41, 5.74) is 4.02. The predicted octanol–water partition coefficient (Wildman–Crippen LogP) is 4.47. The molecule has 0 aliphatic rings. The zero-order valence-corrected chi connectivity index (χ0v) is 11.7. The third-order valence-electron chi connectivity index (χ3n) is 2.45. The van der Waals surface area contributed by atoms with Crippen molar-refractivity contribution in [3.63, 3.8) is 0 Å². The van der Waals surface area contributed by atoms with Gasteiger partial charge in [-0.3, -0.25) is 0 Å². The molecule has 0 fully saturated rings. The van der Waals surface area contributed by atoms with E-state index >= 15 is 0 Å². The lowest BCUT2D eigenvalue weighted by Crippen LogP contribution is -2.08. The number of hydrogen-bond acceptors (Lipinski definition) is 3. The molecule has 0 bridgehead atoms. The minimum atomic E-state index is -4.62. The standard InChI is InChI=1S/C12H7BrF5N3/c13-6-3-9(8(15)4-7(6)14)20-11-2-5(12(16,17)18)1-10(19)21-11/h1-4H,(H3,19,20,21). The van der Waals surface area contributed by atoms with Gasteiger partial charge in [0.15, 0.2) is 0 Å². The largest absolute Gasteiger partial charge is 0.416 e. The van der Waals surface area contributed by atoms with Crippen molar-refractivity contribution in [3.05, 3.63) is 45.9 Å². The Kier molecular flexibility index (Phi) is 4.04. The summed E-state index contributed by atoms with van der Waals surface area (Å²) < 4.78 is 64.5. The third kappa shape index (κ3) is 3.60. The second-order valence-electron chi connectivity index (χ2n) is 4.03. The quantitative estimate of drug-likeness (QED) is 0.608. The summed E-state index contributed by atoms with van der Waals surface area (Å²) in [7, 11) is 0. The van der Waals surface area contributed by atoms with Gasteiger partial charge in [-0.05, 0) is 34.1 Å². The van der Waals surface area contributed by atoms with E-state index in [2.05, 4.69) is 26.2 Å². The normalized spacial score (nSPS) is 11.5. The molecule has 3 N–H and O–H groups in total. The maximum absolute atomic E-state index is 13.5. The zero-order chi connectivity index (χ0) is 15.8. The molecule has 0 radical (unpaired) electrons. The van der Waals surface area contributed by atoms with Crippen LogP contribution in [0.25, 0.3) is 0 Å². The van der Waals surface area contributed by atoms with Crippen LogP contribution in [0.5, 0.6) is 0 Å². The number of rotatable bonds is 2. The minimum absolute atomic E-state index is 0.0497. The van der Waals surface area contributed by atoms with Gasteiger partial charge in [0.05, 0.1) is 15.7 Å². The van der Waals surface area contributed by atoms with Crippen molar-refractivity contribution in [1.29, 1.82) is 0 Å². The van der Waals surface area contributed by atoms with Crippen LogP contribution in [0.15, 0.2) is 28.7 Å². The number of alkyl halides is 3. The fourth-order valence-corrected chi connectivity index (χ4v) is 1.88. The van der Waals surface area contributed by atoms with Crippen LogP contribution >= 0.6 is 15.9 Å². The van der Waals surface area contributed by atoms with Gasteiger partial charge in [-0.25, -0.2) is 13.8 Å². The van der Waals surface area contributed by atoms with E-state index in [9.17, 15) is 22.0 Å². The Morgan fingerprint density at radius 2 is 1.71 bits per heavy atom. The second-order valence-corrected chi connectivity index (χ2v) is 4.89. The van der Waals surface area contributed by atoms with Gasteiger partial charge in [-0.2, -0.15) is 13.2 Å². The smallest absolute Gasteiger partial charge is 0.384 e. The Labute approximate surface area is 124 Å². The fraction of sp³-hybridized carbons (Fsp3) is 0.0833. The van der Waals surface area contributed by atoms with Crippen LogP contribution in [0.3, 0.4) is 0 Å². The number of nitrogens with one attached hydrogen (secondary N) is 1. The van der Waals surface area contributed by atoms with Crippen LogP contribution in [0.4, 0.5) is 39.3 Å². The number of benzene rings is 1.